The fourth-order valence-corrected chi connectivity index (χ4v) is 3.58. The Hall–Kier alpha value is -3.20. The number of rotatable bonds is 3. The zero-order valence-corrected chi connectivity index (χ0v) is 16.6. The SMILES string of the molecule is C/N=c1/cc(N2CCOc3cc(C(=O)N4CCN(C)CC4)cnc32)ccn1C=O. The summed E-state index contributed by atoms with van der Waals surface area (Å²) in [5.41, 5.74) is 1.94. The van der Waals surface area contributed by atoms with Gasteiger partial charge in [-0.1, -0.05) is 0 Å². The summed E-state index contributed by atoms with van der Waals surface area (Å²) in [4.78, 5) is 38.7. The molecule has 0 N–H and O–H groups in total. The molecule has 0 saturated carbocycles. The topological polar surface area (TPSA) is 83.3 Å². The third-order valence-corrected chi connectivity index (χ3v) is 5.30. The van der Waals surface area contributed by atoms with Crippen LogP contribution in [0.4, 0.5) is 11.5 Å². The lowest BCUT2D eigenvalue weighted by Gasteiger charge is -2.33. The first-order chi connectivity index (χ1) is 14.1. The number of fused-ring (bicyclic) bond motifs is 1. The molecule has 1 saturated heterocycles. The van der Waals surface area contributed by atoms with Gasteiger partial charge in [-0.3, -0.25) is 19.1 Å². The molecule has 29 heavy (non-hydrogen) atoms. The number of piperazine rings is 1. The lowest BCUT2D eigenvalue weighted by molar-refractivity contribution is 0.0663. The number of aromatic nitrogens is 2. The number of hydrogen-bond donors (Lipinski definition) is 0. The predicted octanol–water partition coefficient (Wildman–Crippen LogP) is 0.370. The van der Waals surface area contributed by atoms with Crippen molar-refractivity contribution in [2.45, 2.75) is 0 Å². The number of likely N-dealkylation sites (N-methyl/N-ethyl adjacent to an activating group) is 1. The number of carbonyl (C=O) groups is 2. The minimum atomic E-state index is -0.0204. The normalized spacial score (nSPS) is 17.7. The molecule has 0 unspecified atom stereocenters. The minimum absolute atomic E-state index is 0.0204. The van der Waals surface area contributed by atoms with Gasteiger partial charge in [-0.25, -0.2) is 4.98 Å². The van der Waals surface area contributed by atoms with E-state index >= 15 is 0 Å². The van der Waals surface area contributed by atoms with Crippen LogP contribution in [0.2, 0.25) is 0 Å². The van der Waals surface area contributed by atoms with Gasteiger partial charge >= 0.3 is 0 Å². The summed E-state index contributed by atoms with van der Waals surface area (Å²) >= 11 is 0. The maximum Gasteiger partial charge on any atom is 0.255 e. The van der Waals surface area contributed by atoms with Crippen LogP contribution in [0.25, 0.3) is 0 Å². The molecule has 0 radical (unpaired) electrons. The average Bonchev–Trinajstić information content (AvgIpc) is 2.77. The third kappa shape index (κ3) is 3.73. The van der Waals surface area contributed by atoms with Crippen molar-refractivity contribution in [3.63, 3.8) is 0 Å². The Labute approximate surface area is 168 Å². The lowest BCUT2D eigenvalue weighted by Crippen LogP contribution is -2.47. The molecule has 0 atom stereocenters. The van der Waals surface area contributed by atoms with Gasteiger partial charge in [0, 0.05) is 57.4 Å². The molecule has 2 aliphatic heterocycles. The van der Waals surface area contributed by atoms with Crippen molar-refractivity contribution in [1.82, 2.24) is 19.4 Å². The number of anilines is 2. The van der Waals surface area contributed by atoms with Crippen LogP contribution < -0.4 is 15.1 Å². The summed E-state index contributed by atoms with van der Waals surface area (Å²) in [6.07, 6.45) is 4.00. The van der Waals surface area contributed by atoms with Gasteiger partial charge in [0.1, 0.15) is 12.1 Å². The summed E-state index contributed by atoms with van der Waals surface area (Å²) in [7, 11) is 3.70. The summed E-state index contributed by atoms with van der Waals surface area (Å²) in [5.74, 6) is 1.21. The van der Waals surface area contributed by atoms with E-state index in [1.807, 2.05) is 21.9 Å². The lowest BCUT2D eigenvalue weighted by atomic mass is 10.2. The van der Waals surface area contributed by atoms with Crippen molar-refractivity contribution >= 4 is 23.8 Å². The average molecular weight is 396 g/mol. The van der Waals surface area contributed by atoms with E-state index in [0.29, 0.717) is 55.3 Å². The molecule has 0 aromatic carbocycles. The van der Waals surface area contributed by atoms with Crippen LogP contribution in [0.5, 0.6) is 5.75 Å². The standard InChI is InChI=1S/C20H24N6O3/c1-21-18-12-16(3-4-25(18)14-27)26-9-10-29-17-11-15(13-22-19(17)26)20(28)24-7-5-23(2)6-8-24/h3-4,11-14H,5-10H2,1-2H3/b21-18-. The third-order valence-electron chi connectivity index (χ3n) is 5.30. The van der Waals surface area contributed by atoms with Gasteiger partial charge in [0.15, 0.2) is 11.6 Å². The molecule has 2 aliphatic rings. The Morgan fingerprint density at radius 2 is 2.00 bits per heavy atom. The molecule has 4 rings (SSSR count). The smallest absolute Gasteiger partial charge is 0.255 e. The first-order valence-corrected chi connectivity index (χ1v) is 9.59. The molecular formula is C20H24N6O3. The largest absolute Gasteiger partial charge is 0.488 e. The van der Waals surface area contributed by atoms with Crippen molar-refractivity contribution in [2.75, 3.05) is 58.3 Å². The summed E-state index contributed by atoms with van der Waals surface area (Å²) in [6.45, 7) is 4.25. The van der Waals surface area contributed by atoms with Crippen molar-refractivity contribution in [3.05, 3.63) is 41.6 Å². The van der Waals surface area contributed by atoms with E-state index in [-0.39, 0.29) is 5.91 Å². The first-order valence-electron chi connectivity index (χ1n) is 9.59. The molecular weight excluding hydrogens is 372 g/mol. The van der Waals surface area contributed by atoms with Crippen molar-refractivity contribution in [2.24, 2.45) is 4.99 Å². The summed E-state index contributed by atoms with van der Waals surface area (Å²) < 4.78 is 7.22. The molecule has 9 heteroatoms. The van der Waals surface area contributed by atoms with Crippen LogP contribution >= 0.6 is 0 Å². The first kappa shape index (κ1) is 19.1. The fourth-order valence-electron chi connectivity index (χ4n) is 3.58. The van der Waals surface area contributed by atoms with Gasteiger partial charge < -0.3 is 19.4 Å². The number of amides is 1. The van der Waals surface area contributed by atoms with E-state index in [1.165, 1.54) is 4.57 Å². The Morgan fingerprint density at radius 1 is 1.21 bits per heavy atom. The Bertz CT molecular complexity index is 994. The van der Waals surface area contributed by atoms with E-state index in [1.54, 1.807) is 25.5 Å². The van der Waals surface area contributed by atoms with Crippen LogP contribution in [0, 0.1) is 0 Å². The van der Waals surface area contributed by atoms with Crippen molar-refractivity contribution in [3.8, 4) is 5.75 Å². The van der Waals surface area contributed by atoms with Gasteiger partial charge in [0.25, 0.3) is 5.91 Å². The molecule has 0 aliphatic carbocycles. The van der Waals surface area contributed by atoms with E-state index in [2.05, 4.69) is 21.9 Å². The van der Waals surface area contributed by atoms with E-state index in [0.717, 1.165) is 18.8 Å². The van der Waals surface area contributed by atoms with Gasteiger partial charge in [0.05, 0.1) is 12.1 Å². The second kappa shape index (κ2) is 8.04. The van der Waals surface area contributed by atoms with E-state index in [4.69, 9.17) is 4.74 Å². The molecule has 4 heterocycles. The second-order valence-electron chi connectivity index (χ2n) is 7.12. The highest BCUT2D eigenvalue weighted by atomic mass is 16.5. The van der Waals surface area contributed by atoms with Crippen LogP contribution in [0.1, 0.15) is 10.4 Å². The molecule has 1 amide bonds. The number of hydrogen-bond acceptors (Lipinski definition) is 7. The second-order valence-corrected chi connectivity index (χ2v) is 7.12. The van der Waals surface area contributed by atoms with Crippen LogP contribution in [0.15, 0.2) is 35.6 Å². The highest BCUT2D eigenvalue weighted by Crippen LogP contribution is 2.34. The van der Waals surface area contributed by atoms with Crippen LogP contribution in [0.3, 0.4) is 0 Å². The fraction of sp³-hybridized carbons (Fsp3) is 0.400. The number of pyridine rings is 2. The number of ether oxygens (including phenoxy) is 1. The number of carbonyl (C=O) groups excluding carboxylic acids is 2. The van der Waals surface area contributed by atoms with Gasteiger partial charge in [-0.15, -0.1) is 0 Å². The van der Waals surface area contributed by atoms with Crippen molar-refractivity contribution in [1.29, 1.82) is 0 Å². The Balaban J connectivity index is 1.62. The molecule has 2 aromatic heterocycles. The molecule has 152 valence electrons. The highest BCUT2D eigenvalue weighted by Gasteiger charge is 2.25. The Morgan fingerprint density at radius 3 is 2.72 bits per heavy atom. The van der Waals surface area contributed by atoms with E-state index in [9.17, 15) is 9.59 Å². The highest BCUT2D eigenvalue weighted by molar-refractivity contribution is 5.95. The summed E-state index contributed by atoms with van der Waals surface area (Å²) in [6, 6.07) is 5.44. The van der Waals surface area contributed by atoms with Gasteiger partial charge in [-0.2, -0.15) is 0 Å². The zero-order chi connectivity index (χ0) is 20.4. The Kier molecular flexibility index (Phi) is 5.30. The maximum absolute atomic E-state index is 12.8. The van der Waals surface area contributed by atoms with Gasteiger partial charge in [-0.05, 0) is 19.2 Å². The molecule has 9 nitrogen and oxygen atoms in total. The van der Waals surface area contributed by atoms with Crippen LogP contribution in [-0.4, -0.2) is 85.1 Å². The summed E-state index contributed by atoms with van der Waals surface area (Å²) in [5, 5.41) is 0. The number of nitrogens with zero attached hydrogens (tertiary/aromatic N) is 6. The molecule has 1 fully saturated rings. The van der Waals surface area contributed by atoms with Crippen molar-refractivity contribution < 1.29 is 14.3 Å². The molecule has 0 bridgehead atoms. The minimum Gasteiger partial charge on any atom is -0.488 e. The maximum atomic E-state index is 12.8. The van der Waals surface area contributed by atoms with Gasteiger partial charge in [0.2, 0.25) is 6.41 Å². The predicted molar refractivity (Wildman–Crippen MR) is 108 cm³/mol. The quantitative estimate of drug-likeness (QED) is 0.697. The molecule has 0 spiro atoms. The van der Waals surface area contributed by atoms with E-state index < -0.39 is 0 Å². The van der Waals surface area contributed by atoms with Crippen LogP contribution in [-0.2, 0) is 4.79 Å². The molecule has 2 aromatic rings. The monoisotopic (exact) mass is 396 g/mol. The zero-order valence-electron chi connectivity index (χ0n) is 16.6.